The zero-order valence-corrected chi connectivity index (χ0v) is 33.4. The summed E-state index contributed by atoms with van der Waals surface area (Å²) in [4.78, 5) is 53.3. The van der Waals surface area contributed by atoms with Crippen molar-refractivity contribution in [2.24, 2.45) is 4.99 Å². The Labute approximate surface area is 316 Å². The Morgan fingerprint density at radius 3 is 1.43 bits per heavy atom. The molecule has 294 valence electrons. The van der Waals surface area contributed by atoms with Gasteiger partial charge in [-0.2, -0.15) is 0 Å². The van der Waals surface area contributed by atoms with Gasteiger partial charge in [0.15, 0.2) is 0 Å². The van der Waals surface area contributed by atoms with Crippen LogP contribution in [0.15, 0.2) is 53.5 Å². The lowest BCUT2D eigenvalue weighted by molar-refractivity contribution is -0.116. The van der Waals surface area contributed by atoms with Gasteiger partial charge in [0.1, 0.15) is 16.8 Å². The second-order valence-electron chi connectivity index (χ2n) is 16.2. The zero-order valence-electron chi connectivity index (χ0n) is 33.4. The molecule has 2 rings (SSSR count). The number of nitrogens with one attached hydrogen (secondary N) is 4. The van der Waals surface area contributed by atoms with Crippen LogP contribution >= 0.6 is 0 Å². The highest BCUT2D eigenvalue weighted by molar-refractivity contribution is 6.02. The molecule has 0 unspecified atom stereocenters. The van der Waals surface area contributed by atoms with E-state index >= 15 is 0 Å². The highest BCUT2D eigenvalue weighted by Crippen LogP contribution is 2.19. The van der Waals surface area contributed by atoms with Crippen molar-refractivity contribution in [3.63, 3.8) is 0 Å². The molecule has 4 amide bonds. The monoisotopic (exact) mass is 737 g/mol. The third kappa shape index (κ3) is 22.8. The smallest absolute Gasteiger partial charge is 0.414 e. The Balaban J connectivity index is 1.71. The summed E-state index contributed by atoms with van der Waals surface area (Å²) in [5, 5.41) is 10.8. The number of unbranched alkanes of at least 4 members (excludes halogenated alkanes) is 8. The summed E-state index contributed by atoms with van der Waals surface area (Å²) in [5.74, 6) is -0.0968. The summed E-state index contributed by atoms with van der Waals surface area (Å²) in [6.07, 6.45) is 9.10. The Bertz CT molecular complexity index is 1440. The number of nitrogens with zero attached hydrogens (tertiary/aromatic N) is 1. The molecule has 0 spiro atoms. The van der Waals surface area contributed by atoms with Gasteiger partial charge in [-0.1, -0.05) is 69.2 Å². The number of hydrogen-bond donors (Lipinski definition) is 4. The van der Waals surface area contributed by atoms with Crippen LogP contribution in [0, 0.1) is 0 Å². The molecule has 2 aromatic carbocycles. The molecule has 4 N–H and O–H groups in total. The molecule has 0 heterocycles. The van der Waals surface area contributed by atoms with E-state index in [1.807, 2.05) is 57.2 Å². The predicted molar refractivity (Wildman–Crippen MR) is 211 cm³/mol. The number of benzene rings is 2. The van der Waals surface area contributed by atoms with E-state index in [2.05, 4.69) is 26.3 Å². The van der Waals surface area contributed by atoms with Crippen LogP contribution in [0.2, 0.25) is 0 Å². The molecule has 0 saturated carbocycles. The summed E-state index contributed by atoms with van der Waals surface area (Å²) in [6, 6.07) is 15.2. The van der Waals surface area contributed by atoms with E-state index in [1.54, 1.807) is 53.7 Å². The summed E-state index contributed by atoms with van der Waals surface area (Å²) < 4.78 is 15.9. The highest BCUT2D eigenvalue weighted by atomic mass is 16.6. The van der Waals surface area contributed by atoms with Crippen molar-refractivity contribution in [3.05, 3.63) is 59.7 Å². The van der Waals surface area contributed by atoms with Crippen LogP contribution in [0.3, 0.4) is 0 Å². The first-order valence-electron chi connectivity index (χ1n) is 18.8. The van der Waals surface area contributed by atoms with Crippen LogP contribution in [0.1, 0.15) is 138 Å². The normalized spacial score (nSPS) is 11.6. The lowest BCUT2D eigenvalue weighted by Gasteiger charge is -2.22. The maximum absolute atomic E-state index is 12.5. The molecule has 0 bridgehead atoms. The van der Waals surface area contributed by atoms with Gasteiger partial charge in [-0.05, 0) is 117 Å². The van der Waals surface area contributed by atoms with Gasteiger partial charge in [0.2, 0.25) is 11.9 Å². The van der Waals surface area contributed by atoms with Gasteiger partial charge in [0.05, 0.1) is 5.69 Å². The summed E-state index contributed by atoms with van der Waals surface area (Å²) in [7, 11) is 0. The lowest BCUT2D eigenvalue weighted by atomic mass is 10.0. The largest absolute Gasteiger partial charge is 0.444 e. The van der Waals surface area contributed by atoms with Crippen LogP contribution in [0.4, 0.5) is 25.8 Å². The number of alkyl carbamates (subject to hydrolysis) is 3. The molecule has 12 nitrogen and oxygen atoms in total. The van der Waals surface area contributed by atoms with Crippen LogP contribution in [0.5, 0.6) is 0 Å². The van der Waals surface area contributed by atoms with Crippen LogP contribution in [0.25, 0.3) is 0 Å². The Morgan fingerprint density at radius 2 is 0.962 bits per heavy atom. The number of anilines is 1. The first-order valence-corrected chi connectivity index (χ1v) is 18.8. The van der Waals surface area contributed by atoms with E-state index < -0.39 is 29.0 Å². The van der Waals surface area contributed by atoms with Gasteiger partial charge >= 0.3 is 18.3 Å². The SMILES string of the molecule is CC(C)(C)OC(=O)NCCCCCCCCCCCC(=O)Nc1ccc(Cc2ccc(N=C(NC(=O)OC(C)(C)C)NC(=O)OC(C)(C)C)cc2)cc1. The summed E-state index contributed by atoms with van der Waals surface area (Å²) >= 11 is 0. The van der Waals surface area contributed by atoms with Gasteiger partial charge in [0, 0.05) is 18.7 Å². The van der Waals surface area contributed by atoms with Crippen molar-refractivity contribution in [1.82, 2.24) is 16.0 Å². The van der Waals surface area contributed by atoms with Crippen molar-refractivity contribution in [1.29, 1.82) is 0 Å². The number of ether oxygens (including phenoxy) is 3. The second-order valence-corrected chi connectivity index (χ2v) is 16.2. The van der Waals surface area contributed by atoms with Crippen LogP contribution in [-0.2, 0) is 25.4 Å². The van der Waals surface area contributed by atoms with Crippen LogP contribution < -0.4 is 21.3 Å². The minimum absolute atomic E-state index is 0.0237. The van der Waals surface area contributed by atoms with Crippen molar-refractivity contribution in [2.75, 3.05) is 11.9 Å². The van der Waals surface area contributed by atoms with E-state index in [0.717, 1.165) is 55.3 Å². The quantitative estimate of drug-likeness (QED) is 0.0578. The maximum Gasteiger partial charge on any atom is 0.414 e. The predicted octanol–water partition coefficient (Wildman–Crippen LogP) is 9.68. The molecular weight excluding hydrogens is 674 g/mol. The van der Waals surface area contributed by atoms with E-state index in [0.29, 0.717) is 25.1 Å². The van der Waals surface area contributed by atoms with Gasteiger partial charge < -0.3 is 24.8 Å². The molecule has 2 aromatic rings. The number of hydrogen-bond acceptors (Lipinski definition) is 8. The zero-order chi connectivity index (χ0) is 39.5. The number of rotatable bonds is 16. The number of carbonyl (C=O) groups excluding carboxylic acids is 4. The maximum atomic E-state index is 12.5. The van der Waals surface area contributed by atoms with E-state index in [4.69, 9.17) is 14.2 Å². The highest BCUT2D eigenvalue weighted by Gasteiger charge is 2.21. The molecule has 0 saturated heterocycles. The average molecular weight is 738 g/mol. The van der Waals surface area contributed by atoms with Gasteiger partial charge in [-0.25, -0.2) is 19.4 Å². The minimum Gasteiger partial charge on any atom is -0.444 e. The molecule has 0 aliphatic carbocycles. The minimum atomic E-state index is -0.762. The summed E-state index contributed by atoms with van der Waals surface area (Å²) in [6.45, 7) is 16.6. The van der Waals surface area contributed by atoms with Gasteiger partial charge in [-0.15, -0.1) is 0 Å². The number of aliphatic imine (C=N–C) groups is 1. The third-order valence-corrected chi connectivity index (χ3v) is 7.31. The molecule has 0 atom stereocenters. The number of carbonyl (C=O) groups is 4. The van der Waals surface area contributed by atoms with E-state index in [-0.39, 0.29) is 18.0 Å². The topological polar surface area (TPSA) is 156 Å². The molecule has 0 fully saturated rings. The fourth-order valence-electron chi connectivity index (χ4n) is 5.02. The van der Waals surface area contributed by atoms with E-state index in [9.17, 15) is 19.2 Å². The second kappa shape index (κ2) is 21.8. The fourth-order valence-corrected chi connectivity index (χ4v) is 5.02. The van der Waals surface area contributed by atoms with Crippen molar-refractivity contribution in [2.45, 2.75) is 150 Å². The molecule has 12 heteroatoms. The first kappa shape index (κ1) is 44.6. The van der Waals surface area contributed by atoms with Gasteiger partial charge in [-0.3, -0.25) is 15.4 Å². The molecule has 0 radical (unpaired) electrons. The molecule has 0 aliphatic rings. The van der Waals surface area contributed by atoms with Gasteiger partial charge in [0.25, 0.3) is 0 Å². The van der Waals surface area contributed by atoms with Crippen LogP contribution in [-0.4, -0.2) is 53.5 Å². The lowest BCUT2D eigenvalue weighted by Crippen LogP contribution is -2.47. The Hall–Kier alpha value is -4.61. The van der Waals surface area contributed by atoms with Crippen molar-refractivity contribution >= 4 is 41.5 Å². The standard InChI is InChI=1S/C41H63N5O7/c1-39(2,3)51-36(48)42-28-18-16-14-12-10-11-13-15-17-19-34(47)43-32-24-20-30(21-25-32)29-31-22-26-33(27-23-31)44-35(45-37(49)52-40(4,5)6)46-38(50)53-41(7,8)9/h20-27H,10-19,28-29H2,1-9H3,(H,42,48)(H,43,47)(H2,44,45,46,49,50). The van der Waals surface area contributed by atoms with E-state index in [1.165, 1.54) is 19.3 Å². The van der Waals surface area contributed by atoms with Crippen molar-refractivity contribution in [3.8, 4) is 0 Å². The first-order chi connectivity index (χ1) is 24.8. The average Bonchev–Trinajstić information content (AvgIpc) is 3.00. The third-order valence-electron chi connectivity index (χ3n) is 7.31. The summed E-state index contributed by atoms with van der Waals surface area (Å²) in [5.41, 5.74) is 1.46. The molecular formula is C41H63N5O7. The Morgan fingerprint density at radius 1 is 0.547 bits per heavy atom. The molecule has 0 aliphatic heterocycles. The number of amides is 4. The number of guanidine groups is 1. The molecule has 53 heavy (non-hydrogen) atoms. The Kier molecular flexibility index (Phi) is 18.3. The fraction of sp³-hybridized carbons (Fsp3) is 0.585. The molecule has 0 aromatic heterocycles. The van der Waals surface area contributed by atoms with Crippen molar-refractivity contribution < 1.29 is 33.4 Å².